The second-order valence-electron chi connectivity index (χ2n) is 7.69. The Balaban J connectivity index is 0. The molecule has 0 atom stereocenters. The summed E-state index contributed by atoms with van der Waals surface area (Å²) < 4.78 is 4.65. The zero-order valence-corrected chi connectivity index (χ0v) is 22.6. The SMILES string of the molecule is CCCCCCCCCCCCCCCCCCCCCC(=O)OC.[Ba]. The largest absolute Gasteiger partial charge is 0.469 e. The van der Waals surface area contributed by atoms with Crippen LogP contribution in [-0.2, 0) is 9.53 Å². The van der Waals surface area contributed by atoms with Crippen LogP contribution in [0.5, 0.6) is 0 Å². The Morgan fingerprint density at radius 1 is 0.538 bits per heavy atom. The van der Waals surface area contributed by atoms with Gasteiger partial charge in [0.05, 0.1) is 7.11 Å². The quantitative estimate of drug-likeness (QED) is 0.0995. The van der Waals surface area contributed by atoms with Crippen molar-refractivity contribution in [3.05, 3.63) is 0 Å². The van der Waals surface area contributed by atoms with Crippen molar-refractivity contribution in [2.24, 2.45) is 0 Å². The summed E-state index contributed by atoms with van der Waals surface area (Å²) in [4.78, 5) is 11.0. The molecule has 0 rings (SSSR count). The van der Waals surface area contributed by atoms with Crippen LogP contribution in [0.25, 0.3) is 0 Å². The van der Waals surface area contributed by atoms with Crippen LogP contribution in [0.3, 0.4) is 0 Å². The molecule has 0 aliphatic rings. The minimum atomic E-state index is -0.0630. The van der Waals surface area contributed by atoms with Gasteiger partial charge in [-0.3, -0.25) is 4.79 Å². The van der Waals surface area contributed by atoms with Gasteiger partial charge in [-0.1, -0.05) is 122 Å². The number of ether oxygens (including phenoxy) is 1. The van der Waals surface area contributed by atoms with E-state index in [2.05, 4.69) is 11.7 Å². The van der Waals surface area contributed by atoms with Gasteiger partial charge in [0.2, 0.25) is 0 Å². The number of rotatable bonds is 20. The second kappa shape index (κ2) is 26.0. The molecule has 0 unspecified atom stereocenters. The Morgan fingerprint density at radius 3 is 1.08 bits per heavy atom. The zero-order valence-electron chi connectivity index (χ0n) is 18.2. The first-order valence-electron chi connectivity index (χ1n) is 11.4. The van der Waals surface area contributed by atoms with Crippen molar-refractivity contribution in [2.45, 2.75) is 135 Å². The standard InChI is InChI=1S/C23H46O2.Ba/c1-3-4-5-6-7-8-9-10-11-12-13-14-15-16-17-18-19-20-21-22-23(24)25-2;/h3-22H2,1-2H3;. The second-order valence-corrected chi connectivity index (χ2v) is 7.69. The smallest absolute Gasteiger partial charge is 0.305 e. The summed E-state index contributed by atoms with van der Waals surface area (Å²) in [5.41, 5.74) is 0. The number of carbonyl (C=O) groups excluding carboxylic acids is 1. The van der Waals surface area contributed by atoms with E-state index in [0.717, 1.165) is 6.42 Å². The van der Waals surface area contributed by atoms with Gasteiger partial charge in [-0.05, 0) is 6.42 Å². The molecular formula is C23H46BaO2. The maximum atomic E-state index is 11.0. The van der Waals surface area contributed by atoms with Gasteiger partial charge in [-0.25, -0.2) is 0 Å². The zero-order chi connectivity index (χ0) is 18.4. The Hall–Kier alpha value is 1.04. The summed E-state index contributed by atoms with van der Waals surface area (Å²) in [6.45, 7) is 2.29. The Kier molecular flexibility index (Phi) is 29.3. The third-order valence-electron chi connectivity index (χ3n) is 5.21. The first kappa shape index (κ1) is 29.2. The Morgan fingerprint density at radius 2 is 0.808 bits per heavy atom. The molecule has 0 aromatic carbocycles. The van der Waals surface area contributed by atoms with E-state index < -0.39 is 0 Å². The number of hydrogen-bond donors (Lipinski definition) is 0. The van der Waals surface area contributed by atoms with E-state index in [9.17, 15) is 4.79 Å². The van der Waals surface area contributed by atoms with Crippen LogP contribution in [0.15, 0.2) is 0 Å². The fourth-order valence-electron chi connectivity index (χ4n) is 3.45. The van der Waals surface area contributed by atoms with Crippen LogP contribution >= 0.6 is 0 Å². The third-order valence-corrected chi connectivity index (χ3v) is 5.21. The van der Waals surface area contributed by atoms with E-state index in [1.165, 1.54) is 123 Å². The molecule has 2 radical (unpaired) electrons. The third kappa shape index (κ3) is 25.0. The first-order chi connectivity index (χ1) is 12.3. The molecule has 26 heavy (non-hydrogen) atoms. The van der Waals surface area contributed by atoms with Gasteiger partial charge in [-0.15, -0.1) is 0 Å². The molecule has 0 heterocycles. The van der Waals surface area contributed by atoms with Crippen LogP contribution in [0.2, 0.25) is 0 Å². The van der Waals surface area contributed by atoms with Crippen LogP contribution in [0, 0.1) is 0 Å². The first-order valence-corrected chi connectivity index (χ1v) is 11.4. The van der Waals surface area contributed by atoms with E-state index in [4.69, 9.17) is 0 Å². The Bertz CT molecular complexity index is 269. The molecule has 152 valence electrons. The molecular weight excluding hydrogens is 446 g/mol. The summed E-state index contributed by atoms with van der Waals surface area (Å²) >= 11 is 0. The van der Waals surface area contributed by atoms with Crippen molar-refractivity contribution < 1.29 is 9.53 Å². The fraction of sp³-hybridized carbons (Fsp3) is 0.957. The summed E-state index contributed by atoms with van der Waals surface area (Å²) in [7, 11) is 1.47. The van der Waals surface area contributed by atoms with Crippen LogP contribution in [-0.4, -0.2) is 62.0 Å². The van der Waals surface area contributed by atoms with Gasteiger partial charge < -0.3 is 4.74 Å². The van der Waals surface area contributed by atoms with Crippen molar-refractivity contribution >= 4 is 54.9 Å². The summed E-state index contributed by atoms with van der Waals surface area (Å²) in [6, 6.07) is 0. The molecule has 0 aliphatic carbocycles. The van der Waals surface area contributed by atoms with Crippen LogP contribution in [0.4, 0.5) is 0 Å². The number of methoxy groups -OCH3 is 1. The molecule has 0 aromatic rings. The van der Waals surface area contributed by atoms with Crippen LogP contribution in [0.1, 0.15) is 135 Å². The van der Waals surface area contributed by atoms with E-state index in [0.29, 0.717) is 6.42 Å². The average Bonchev–Trinajstić information content (AvgIpc) is 2.63. The minimum absolute atomic E-state index is 0. The molecule has 0 amide bonds. The fourth-order valence-corrected chi connectivity index (χ4v) is 3.45. The minimum Gasteiger partial charge on any atom is -0.469 e. The average molecular weight is 492 g/mol. The van der Waals surface area contributed by atoms with E-state index in [1.54, 1.807) is 0 Å². The number of unbranched alkanes of at least 4 members (excludes halogenated alkanes) is 18. The molecule has 0 saturated carbocycles. The van der Waals surface area contributed by atoms with Gasteiger partial charge >= 0.3 is 5.97 Å². The monoisotopic (exact) mass is 492 g/mol. The van der Waals surface area contributed by atoms with Gasteiger partial charge in [-0.2, -0.15) is 0 Å². The Labute approximate surface area is 205 Å². The molecule has 0 spiro atoms. The van der Waals surface area contributed by atoms with Crippen molar-refractivity contribution in [3.8, 4) is 0 Å². The molecule has 0 N–H and O–H groups in total. The maximum Gasteiger partial charge on any atom is 0.305 e. The topological polar surface area (TPSA) is 26.3 Å². The van der Waals surface area contributed by atoms with Crippen molar-refractivity contribution in [3.63, 3.8) is 0 Å². The number of hydrogen-bond acceptors (Lipinski definition) is 2. The van der Waals surface area contributed by atoms with E-state index in [1.807, 2.05) is 0 Å². The van der Waals surface area contributed by atoms with Gasteiger partial charge in [0, 0.05) is 55.3 Å². The van der Waals surface area contributed by atoms with E-state index >= 15 is 0 Å². The molecule has 0 fully saturated rings. The predicted octanol–water partition coefficient (Wildman–Crippen LogP) is 7.60. The van der Waals surface area contributed by atoms with E-state index in [-0.39, 0.29) is 54.9 Å². The maximum absolute atomic E-state index is 11.0. The van der Waals surface area contributed by atoms with Gasteiger partial charge in [0.15, 0.2) is 0 Å². The number of carbonyl (C=O) groups is 1. The molecule has 0 aromatic heterocycles. The normalized spacial score (nSPS) is 10.5. The van der Waals surface area contributed by atoms with Crippen LogP contribution < -0.4 is 0 Å². The molecule has 0 bridgehead atoms. The molecule has 3 heteroatoms. The van der Waals surface area contributed by atoms with Crippen molar-refractivity contribution in [1.82, 2.24) is 0 Å². The summed E-state index contributed by atoms with van der Waals surface area (Å²) in [5.74, 6) is -0.0630. The van der Waals surface area contributed by atoms with Gasteiger partial charge in [0.25, 0.3) is 0 Å². The molecule has 0 saturated heterocycles. The van der Waals surface area contributed by atoms with Crippen molar-refractivity contribution in [2.75, 3.05) is 7.11 Å². The summed E-state index contributed by atoms with van der Waals surface area (Å²) in [6.07, 6.45) is 26.9. The number of esters is 1. The molecule has 2 nitrogen and oxygen atoms in total. The summed E-state index contributed by atoms with van der Waals surface area (Å²) in [5, 5.41) is 0. The van der Waals surface area contributed by atoms with Crippen molar-refractivity contribution in [1.29, 1.82) is 0 Å². The molecule has 0 aliphatic heterocycles. The van der Waals surface area contributed by atoms with Gasteiger partial charge in [0.1, 0.15) is 0 Å². The predicted molar refractivity (Wildman–Crippen MR) is 116 cm³/mol.